The van der Waals surface area contributed by atoms with E-state index in [9.17, 15) is 0 Å². The van der Waals surface area contributed by atoms with Gasteiger partial charge < -0.3 is 14.0 Å². The second kappa shape index (κ2) is 5.33. The van der Waals surface area contributed by atoms with Crippen LogP contribution in [0.15, 0.2) is 43.0 Å². The molecule has 0 unspecified atom stereocenters. The largest absolute Gasteiger partial charge is 0.345 e. The van der Waals surface area contributed by atoms with Gasteiger partial charge in [0.05, 0.1) is 26.1 Å². The Morgan fingerprint density at radius 1 is 1.21 bits per heavy atom. The number of benzene rings is 1. The van der Waals surface area contributed by atoms with Gasteiger partial charge >= 0.3 is 0 Å². The highest BCUT2D eigenvalue weighted by molar-refractivity contribution is 6.30. The van der Waals surface area contributed by atoms with Crippen molar-refractivity contribution in [3.05, 3.63) is 53.6 Å². The van der Waals surface area contributed by atoms with Gasteiger partial charge in [-0.15, -0.1) is 0 Å². The van der Waals surface area contributed by atoms with Crippen molar-refractivity contribution < 1.29 is 9.47 Å². The molecule has 4 nitrogen and oxygen atoms in total. The van der Waals surface area contributed by atoms with Crippen molar-refractivity contribution in [2.24, 2.45) is 0 Å². The Morgan fingerprint density at radius 3 is 2.58 bits per heavy atom. The fourth-order valence-electron chi connectivity index (χ4n) is 2.32. The molecule has 0 amide bonds. The maximum atomic E-state index is 5.90. The third-order valence-electron chi connectivity index (χ3n) is 3.18. The van der Waals surface area contributed by atoms with Crippen LogP contribution in [0.2, 0.25) is 5.02 Å². The summed E-state index contributed by atoms with van der Waals surface area (Å²) in [6, 6.07) is 7.78. The number of nitrogens with zero attached hydrogens (tertiary/aromatic N) is 2. The van der Waals surface area contributed by atoms with E-state index in [-0.39, 0.29) is 0 Å². The second-order valence-corrected chi connectivity index (χ2v) is 5.08. The molecule has 100 valence electrons. The van der Waals surface area contributed by atoms with E-state index in [1.807, 2.05) is 35.0 Å². The van der Waals surface area contributed by atoms with Crippen LogP contribution in [-0.4, -0.2) is 28.6 Å². The summed E-state index contributed by atoms with van der Waals surface area (Å²) in [6.07, 6.45) is 6.14. The number of imidazole rings is 1. The molecule has 0 radical (unpaired) electrons. The average Bonchev–Trinajstić information content (AvgIpc) is 3.05. The van der Waals surface area contributed by atoms with Gasteiger partial charge in [-0.3, -0.25) is 0 Å². The van der Waals surface area contributed by atoms with E-state index in [4.69, 9.17) is 21.1 Å². The maximum Gasteiger partial charge on any atom is 0.190 e. The standard InChI is InChI=1S/C14H15ClN2O2/c15-13-3-1-12(2-4-13)9-14(18-7-8-19-14)10-17-6-5-16-11-17/h1-6,11H,7-10H2. The van der Waals surface area contributed by atoms with Crippen LogP contribution in [0.3, 0.4) is 0 Å². The Bertz CT molecular complexity index is 519. The lowest BCUT2D eigenvalue weighted by atomic mass is 10.0. The van der Waals surface area contributed by atoms with Crippen LogP contribution in [0.1, 0.15) is 5.56 Å². The zero-order valence-corrected chi connectivity index (χ0v) is 11.2. The van der Waals surface area contributed by atoms with Gasteiger partial charge in [-0.05, 0) is 17.7 Å². The molecule has 1 saturated heterocycles. The Balaban J connectivity index is 1.78. The van der Waals surface area contributed by atoms with Crippen molar-refractivity contribution in [3.63, 3.8) is 0 Å². The van der Waals surface area contributed by atoms with Crippen molar-refractivity contribution in [1.82, 2.24) is 9.55 Å². The minimum Gasteiger partial charge on any atom is -0.345 e. The molecule has 0 spiro atoms. The van der Waals surface area contributed by atoms with Crippen LogP contribution < -0.4 is 0 Å². The summed E-state index contributed by atoms with van der Waals surface area (Å²) in [5.74, 6) is -0.603. The van der Waals surface area contributed by atoms with Gasteiger partial charge in [0.1, 0.15) is 0 Å². The normalized spacial score (nSPS) is 17.7. The predicted molar refractivity (Wildman–Crippen MR) is 72.0 cm³/mol. The first-order valence-electron chi connectivity index (χ1n) is 6.24. The van der Waals surface area contributed by atoms with Crippen molar-refractivity contribution >= 4 is 11.6 Å². The first-order chi connectivity index (χ1) is 9.26. The van der Waals surface area contributed by atoms with Crippen LogP contribution in [0.4, 0.5) is 0 Å². The highest BCUT2D eigenvalue weighted by Crippen LogP contribution is 2.27. The minimum absolute atomic E-state index is 0.603. The molecule has 3 rings (SSSR count). The zero-order chi connectivity index (χ0) is 13.1. The van der Waals surface area contributed by atoms with Crippen LogP contribution in [0.5, 0.6) is 0 Å². The molecular weight excluding hydrogens is 264 g/mol. The van der Waals surface area contributed by atoms with E-state index in [2.05, 4.69) is 4.98 Å². The highest BCUT2D eigenvalue weighted by Gasteiger charge is 2.37. The van der Waals surface area contributed by atoms with Gasteiger partial charge in [-0.25, -0.2) is 4.98 Å². The summed E-state index contributed by atoms with van der Waals surface area (Å²) in [5.41, 5.74) is 1.14. The van der Waals surface area contributed by atoms with Crippen LogP contribution >= 0.6 is 11.6 Å². The Morgan fingerprint density at radius 2 is 1.95 bits per heavy atom. The fourth-order valence-corrected chi connectivity index (χ4v) is 2.44. The Labute approximate surface area is 116 Å². The molecule has 0 aliphatic carbocycles. The van der Waals surface area contributed by atoms with Crippen molar-refractivity contribution in [2.45, 2.75) is 18.8 Å². The molecule has 0 N–H and O–H groups in total. The molecule has 0 saturated carbocycles. The third-order valence-corrected chi connectivity index (χ3v) is 3.43. The number of ether oxygens (including phenoxy) is 2. The summed E-state index contributed by atoms with van der Waals surface area (Å²) in [4.78, 5) is 4.05. The lowest BCUT2D eigenvalue weighted by molar-refractivity contribution is -0.166. The molecule has 2 heterocycles. The predicted octanol–water partition coefficient (Wildman–Crippen LogP) is 2.52. The smallest absolute Gasteiger partial charge is 0.190 e. The van der Waals surface area contributed by atoms with Crippen LogP contribution in [-0.2, 0) is 22.4 Å². The zero-order valence-electron chi connectivity index (χ0n) is 10.5. The van der Waals surface area contributed by atoms with Crippen LogP contribution in [0, 0.1) is 0 Å². The van der Waals surface area contributed by atoms with E-state index in [0.717, 1.165) is 10.6 Å². The second-order valence-electron chi connectivity index (χ2n) is 4.65. The van der Waals surface area contributed by atoms with Crippen molar-refractivity contribution in [2.75, 3.05) is 13.2 Å². The van der Waals surface area contributed by atoms with Gasteiger partial charge in [0, 0.05) is 23.8 Å². The molecule has 0 bridgehead atoms. The number of hydrogen-bond donors (Lipinski definition) is 0. The molecule has 2 aromatic rings. The van der Waals surface area contributed by atoms with Gasteiger partial charge in [0.2, 0.25) is 0 Å². The van der Waals surface area contributed by atoms with E-state index in [1.54, 1.807) is 12.5 Å². The number of rotatable bonds is 4. The quantitative estimate of drug-likeness (QED) is 0.862. The molecule has 1 aliphatic heterocycles. The summed E-state index contributed by atoms with van der Waals surface area (Å²) in [7, 11) is 0. The van der Waals surface area contributed by atoms with Gasteiger partial charge in [-0.2, -0.15) is 0 Å². The summed E-state index contributed by atoms with van der Waals surface area (Å²) in [5, 5.41) is 0.737. The monoisotopic (exact) mass is 278 g/mol. The van der Waals surface area contributed by atoms with Crippen molar-refractivity contribution in [3.8, 4) is 0 Å². The minimum atomic E-state index is -0.603. The molecular formula is C14H15ClN2O2. The van der Waals surface area contributed by atoms with E-state index in [0.29, 0.717) is 26.2 Å². The van der Waals surface area contributed by atoms with Crippen molar-refractivity contribution in [1.29, 1.82) is 0 Å². The Hall–Kier alpha value is -1.36. The molecule has 5 heteroatoms. The first kappa shape index (κ1) is 12.7. The summed E-state index contributed by atoms with van der Waals surface area (Å²) in [6.45, 7) is 1.89. The lowest BCUT2D eigenvalue weighted by Gasteiger charge is -2.27. The molecule has 19 heavy (non-hydrogen) atoms. The summed E-state index contributed by atoms with van der Waals surface area (Å²) >= 11 is 5.90. The average molecular weight is 279 g/mol. The third kappa shape index (κ3) is 2.97. The van der Waals surface area contributed by atoms with Crippen LogP contribution in [0.25, 0.3) is 0 Å². The fraction of sp³-hybridized carbons (Fsp3) is 0.357. The Kier molecular flexibility index (Phi) is 3.55. The van der Waals surface area contributed by atoms with E-state index >= 15 is 0 Å². The molecule has 1 aliphatic rings. The van der Waals surface area contributed by atoms with Gasteiger partial charge in [0.25, 0.3) is 0 Å². The van der Waals surface area contributed by atoms with E-state index < -0.39 is 5.79 Å². The van der Waals surface area contributed by atoms with Gasteiger partial charge in [0.15, 0.2) is 5.79 Å². The maximum absolute atomic E-state index is 5.90. The molecule has 1 fully saturated rings. The number of halogens is 1. The first-order valence-corrected chi connectivity index (χ1v) is 6.62. The molecule has 1 aromatic carbocycles. The topological polar surface area (TPSA) is 36.3 Å². The summed E-state index contributed by atoms with van der Waals surface area (Å²) < 4.78 is 13.7. The molecule has 0 atom stereocenters. The lowest BCUT2D eigenvalue weighted by Crippen LogP contribution is -2.37. The van der Waals surface area contributed by atoms with Gasteiger partial charge in [-0.1, -0.05) is 23.7 Å². The van der Waals surface area contributed by atoms with E-state index in [1.165, 1.54) is 0 Å². The highest BCUT2D eigenvalue weighted by atomic mass is 35.5. The number of hydrogen-bond acceptors (Lipinski definition) is 3. The SMILES string of the molecule is Clc1ccc(CC2(Cn3ccnc3)OCCO2)cc1. The molecule has 1 aromatic heterocycles. The number of aromatic nitrogens is 2.